The minimum atomic E-state index is -0.0861. The van der Waals surface area contributed by atoms with Gasteiger partial charge in [-0.1, -0.05) is 38.7 Å². The van der Waals surface area contributed by atoms with Gasteiger partial charge in [-0.05, 0) is 53.4 Å². The Bertz CT molecular complexity index is 392. The second-order valence-corrected chi connectivity index (χ2v) is 8.00. The third-order valence-electron chi connectivity index (χ3n) is 5.05. The van der Waals surface area contributed by atoms with Crippen LogP contribution in [0.5, 0.6) is 0 Å². The Hall–Kier alpha value is 0.250. The largest absolute Gasteiger partial charge is 0.118 e. The first kappa shape index (κ1) is 13.7. The van der Waals surface area contributed by atoms with Crippen LogP contribution in [0.25, 0.3) is 0 Å². The van der Waals surface area contributed by atoms with Gasteiger partial charge < -0.3 is 0 Å². The molecule has 0 radical (unpaired) electrons. The van der Waals surface area contributed by atoms with Crippen molar-refractivity contribution < 1.29 is 0 Å². The van der Waals surface area contributed by atoms with Gasteiger partial charge in [0.15, 0.2) is 0 Å². The fourth-order valence-corrected chi connectivity index (χ4v) is 4.25. The van der Waals surface area contributed by atoms with Crippen LogP contribution in [0.1, 0.15) is 53.4 Å². The van der Waals surface area contributed by atoms with E-state index >= 15 is 0 Å². The SMILES string of the molecule is CC1=CCC(C)=C(C)[C@]12CC[C@](C)(Cl)[C@@H](Br)C2. The van der Waals surface area contributed by atoms with Crippen molar-refractivity contribution in [3.05, 3.63) is 22.8 Å². The lowest BCUT2D eigenvalue weighted by atomic mass is 9.60. The lowest BCUT2D eigenvalue weighted by molar-refractivity contribution is 0.258. The normalized spacial score (nSPS) is 42.9. The minimum absolute atomic E-state index is 0.0861. The molecule has 0 aromatic carbocycles. The summed E-state index contributed by atoms with van der Waals surface area (Å²) in [5.74, 6) is 0. The highest BCUT2D eigenvalue weighted by molar-refractivity contribution is 9.09. The summed E-state index contributed by atoms with van der Waals surface area (Å²) >= 11 is 10.4. The van der Waals surface area contributed by atoms with Crippen LogP contribution in [0.4, 0.5) is 0 Å². The van der Waals surface area contributed by atoms with Crippen molar-refractivity contribution in [3.8, 4) is 0 Å². The fourth-order valence-electron chi connectivity index (χ4n) is 3.29. The first-order chi connectivity index (χ1) is 7.79. The molecule has 0 nitrogen and oxygen atoms in total. The highest BCUT2D eigenvalue weighted by Gasteiger charge is 2.47. The Morgan fingerprint density at radius 2 is 1.94 bits per heavy atom. The fraction of sp³-hybridized carbons (Fsp3) is 0.733. The molecule has 0 bridgehead atoms. The predicted octanol–water partition coefficient (Wildman–Crippen LogP) is 5.60. The molecule has 2 aliphatic carbocycles. The Kier molecular flexibility index (Phi) is 3.55. The average molecular weight is 318 g/mol. The average Bonchev–Trinajstić information content (AvgIpc) is 2.26. The second-order valence-electron chi connectivity index (χ2n) is 6.03. The van der Waals surface area contributed by atoms with E-state index in [4.69, 9.17) is 11.6 Å². The Labute approximate surface area is 119 Å². The molecule has 96 valence electrons. The summed E-state index contributed by atoms with van der Waals surface area (Å²) in [6.07, 6.45) is 6.96. The van der Waals surface area contributed by atoms with Gasteiger partial charge >= 0.3 is 0 Å². The standard InChI is InChI=1S/C15H22BrCl/c1-10-5-6-11(2)15(12(10)3)8-7-14(4,17)13(16)9-15/h6,13H,5,7-9H2,1-4H3/t13-,14-,15-/m0/s1. The minimum Gasteiger partial charge on any atom is -0.118 e. The van der Waals surface area contributed by atoms with E-state index in [9.17, 15) is 0 Å². The van der Waals surface area contributed by atoms with Crippen molar-refractivity contribution in [3.63, 3.8) is 0 Å². The van der Waals surface area contributed by atoms with Crippen molar-refractivity contribution >= 4 is 27.5 Å². The van der Waals surface area contributed by atoms with Gasteiger partial charge in [-0.3, -0.25) is 0 Å². The van der Waals surface area contributed by atoms with Crippen molar-refractivity contribution in [1.29, 1.82) is 0 Å². The van der Waals surface area contributed by atoms with Crippen molar-refractivity contribution in [1.82, 2.24) is 0 Å². The molecule has 0 amide bonds. The molecule has 3 atom stereocenters. The van der Waals surface area contributed by atoms with Crippen LogP contribution in [0.2, 0.25) is 0 Å². The van der Waals surface area contributed by atoms with Crippen LogP contribution in [-0.4, -0.2) is 9.70 Å². The van der Waals surface area contributed by atoms with E-state index in [2.05, 4.69) is 49.7 Å². The molecule has 2 rings (SSSR count). The first-order valence-electron chi connectivity index (χ1n) is 6.47. The summed E-state index contributed by atoms with van der Waals surface area (Å²) in [5, 5.41) is 0. The Morgan fingerprint density at radius 1 is 1.29 bits per heavy atom. The van der Waals surface area contributed by atoms with E-state index in [1.165, 1.54) is 6.42 Å². The van der Waals surface area contributed by atoms with Crippen LogP contribution in [0, 0.1) is 5.41 Å². The monoisotopic (exact) mass is 316 g/mol. The summed E-state index contributed by atoms with van der Waals surface area (Å²) in [4.78, 5) is 0.312. The van der Waals surface area contributed by atoms with E-state index in [1.807, 2.05) is 0 Å². The Balaban J connectivity index is 2.37. The van der Waals surface area contributed by atoms with Gasteiger partial charge in [0.25, 0.3) is 0 Å². The molecular weight excluding hydrogens is 296 g/mol. The summed E-state index contributed by atoms with van der Waals surface area (Å²) in [5.41, 5.74) is 4.98. The third kappa shape index (κ3) is 2.14. The maximum Gasteiger partial charge on any atom is 0.0544 e. The molecule has 0 saturated heterocycles. The molecule has 0 aliphatic heterocycles. The highest BCUT2D eigenvalue weighted by atomic mass is 79.9. The van der Waals surface area contributed by atoms with E-state index in [0.717, 1.165) is 19.3 Å². The lowest BCUT2D eigenvalue weighted by Gasteiger charge is -2.49. The van der Waals surface area contributed by atoms with Gasteiger partial charge in [0.2, 0.25) is 0 Å². The van der Waals surface area contributed by atoms with E-state index in [1.54, 1.807) is 16.7 Å². The highest BCUT2D eigenvalue weighted by Crippen LogP contribution is 2.56. The molecule has 1 fully saturated rings. The summed E-state index contributed by atoms with van der Waals surface area (Å²) < 4.78 is 0. The number of rotatable bonds is 0. The maximum absolute atomic E-state index is 6.57. The third-order valence-corrected chi connectivity index (χ3v) is 7.10. The van der Waals surface area contributed by atoms with Gasteiger partial charge in [0.05, 0.1) is 4.87 Å². The van der Waals surface area contributed by atoms with Crippen LogP contribution in [0.15, 0.2) is 22.8 Å². The molecule has 17 heavy (non-hydrogen) atoms. The molecule has 0 N–H and O–H groups in total. The van der Waals surface area contributed by atoms with Crippen molar-refractivity contribution in [2.24, 2.45) is 5.41 Å². The molecule has 0 heterocycles. The van der Waals surface area contributed by atoms with Crippen molar-refractivity contribution in [2.75, 3.05) is 0 Å². The van der Waals surface area contributed by atoms with Crippen molar-refractivity contribution in [2.45, 2.75) is 63.1 Å². The van der Waals surface area contributed by atoms with Gasteiger partial charge in [0, 0.05) is 10.2 Å². The number of hydrogen-bond acceptors (Lipinski definition) is 0. The zero-order valence-electron chi connectivity index (χ0n) is 11.2. The van der Waals surface area contributed by atoms with Crippen LogP contribution >= 0.6 is 27.5 Å². The second kappa shape index (κ2) is 4.42. The first-order valence-corrected chi connectivity index (χ1v) is 7.76. The van der Waals surface area contributed by atoms with Gasteiger partial charge in [-0.15, -0.1) is 11.6 Å². The Morgan fingerprint density at radius 3 is 2.53 bits per heavy atom. The molecule has 2 heteroatoms. The number of halogens is 2. The van der Waals surface area contributed by atoms with Crippen LogP contribution in [0.3, 0.4) is 0 Å². The summed E-state index contributed by atoms with van der Waals surface area (Å²) in [6, 6.07) is 0. The topological polar surface area (TPSA) is 0 Å². The zero-order valence-corrected chi connectivity index (χ0v) is 13.6. The van der Waals surface area contributed by atoms with Crippen LogP contribution < -0.4 is 0 Å². The molecule has 1 saturated carbocycles. The van der Waals surface area contributed by atoms with Gasteiger partial charge in [0.1, 0.15) is 0 Å². The lowest BCUT2D eigenvalue weighted by Crippen LogP contribution is -2.44. The molecule has 0 aromatic heterocycles. The smallest absolute Gasteiger partial charge is 0.0544 e. The van der Waals surface area contributed by atoms with Gasteiger partial charge in [-0.2, -0.15) is 0 Å². The molecule has 0 unspecified atom stereocenters. The van der Waals surface area contributed by atoms with E-state index in [0.29, 0.717) is 4.83 Å². The summed E-state index contributed by atoms with van der Waals surface area (Å²) in [6.45, 7) is 9.06. The van der Waals surface area contributed by atoms with E-state index < -0.39 is 0 Å². The molecular formula is C15H22BrCl. The number of hydrogen-bond donors (Lipinski definition) is 0. The molecule has 1 spiro atoms. The predicted molar refractivity (Wildman–Crippen MR) is 80.0 cm³/mol. The van der Waals surface area contributed by atoms with Crippen LogP contribution in [-0.2, 0) is 0 Å². The summed E-state index contributed by atoms with van der Waals surface area (Å²) in [7, 11) is 0. The molecule has 0 aromatic rings. The maximum atomic E-state index is 6.57. The van der Waals surface area contributed by atoms with E-state index in [-0.39, 0.29) is 10.3 Å². The zero-order chi connectivity index (χ0) is 12.8. The number of alkyl halides is 2. The molecule has 2 aliphatic rings. The number of allylic oxidation sites excluding steroid dienone is 4. The van der Waals surface area contributed by atoms with Gasteiger partial charge in [-0.25, -0.2) is 0 Å². The quantitative estimate of drug-likeness (QED) is 0.403.